The fourth-order valence-electron chi connectivity index (χ4n) is 1.48. The van der Waals surface area contributed by atoms with Crippen LogP contribution in [0.4, 0.5) is 0 Å². The van der Waals surface area contributed by atoms with Crippen molar-refractivity contribution < 1.29 is 0 Å². The molecule has 0 amide bonds. The van der Waals surface area contributed by atoms with Crippen molar-refractivity contribution in [2.45, 2.75) is 0 Å². The molecule has 0 atom stereocenters. The van der Waals surface area contributed by atoms with Crippen molar-refractivity contribution in [2.24, 2.45) is 0 Å². The van der Waals surface area contributed by atoms with Gasteiger partial charge in [0.2, 0.25) is 0 Å². The summed E-state index contributed by atoms with van der Waals surface area (Å²) in [5.41, 5.74) is 2.44. The SMILES string of the molecule is C1=C\C=C\C=C\c2cccc(c2)\C=C/C=C/1. The second-order valence-electron chi connectivity index (χ2n) is 3.54. The van der Waals surface area contributed by atoms with Crippen LogP contribution in [0.3, 0.4) is 0 Å². The van der Waals surface area contributed by atoms with Crippen LogP contribution in [0.25, 0.3) is 12.2 Å². The maximum atomic E-state index is 2.17. The van der Waals surface area contributed by atoms with E-state index in [1.54, 1.807) is 0 Å². The first-order valence-electron chi connectivity index (χ1n) is 5.40. The van der Waals surface area contributed by atoms with Crippen LogP contribution in [0.5, 0.6) is 0 Å². The van der Waals surface area contributed by atoms with Crippen LogP contribution < -0.4 is 0 Å². The molecular formula is C16H14. The molecule has 0 fully saturated rings. The summed E-state index contributed by atoms with van der Waals surface area (Å²) in [7, 11) is 0. The third kappa shape index (κ3) is 3.25. The fourth-order valence-corrected chi connectivity index (χ4v) is 1.48. The smallest absolute Gasteiger partial charge is 0.0251 e. The molecule has 0 unspecified atom stereocenters. The highest BCUT2D eigenvalue weighted by atomic mass is 13.9. The van der Waals surface area contributed by atoms with Gasteiger partial charge in [-0.3, -0.25) is 0 Å². The minimum Gasteiger partial charge on any atom is -0.0623 e. The lowest BCUT2D eigenvalue weighted by Crippen LogP contribution is -1.74. The van der Waals surface area contributed by atoms with Crippen molar-refractivity contribution in [3.63, 3.8) is 0 Å². The lowest BCUT2D eigenvalue weighted by atomic mass is 10.1. The van der Waals surface area contributed by atoms with Gasteiger partial charge in [-0.1, -0.05) is 79.0 Å². The molecule has 0 aromatic heterocycles. The molecule has 1 aromatic rings. The number of fused-ring (bicyclic) bond motifs is 2. The molecule has 1 aliphatic rings. The minimum absolute atomic E-state index is 1.22. The van der Waals surface area contributed by atoms with Gasteiger partial charge in [0, 0.05) is 0 Å². The Morgan fingerprint density at radius 1 is 0.500 bits per heavy atom. The normalized spacial score (nSPS) is 24.2. The molecular weight excluding hydrogens is 192 g/mol. The average Bonchev–Trinajstić information content (AvgIpc) is 2.32. The summed E-state index contributed by atoms with van der Waals surface area (Å²) in [5, 5.41) is 0. The molecule has 0 saturated heterocycles. The van der Waals surface area contributed by atoms with Crippen LogP contribution in [-0.4, -0.2) is 0 Å². The Balaban J connectivity index is 2.36. The summed E-state index contributed by atoms with van der Waals surface area (Å²) in [4.78, 5) is 0. The lowest BCUT2D eigenvalue weighted by molar-refractivity contribution is 1.62. The second-order valence-corrected chi connectivity index (χ2v) is 3.54. The van der Waals surface area contributed by atoms with Crippen LogP contribution in [0.2, 0.25) is 0 Å². The van der Waals surface area contributed by atoms with Crippen LogP contribution >= 0.6 is 0 Å². The van der Waals surface area contributed by atoms with Gasteiger partial charge in [0.1, 0.15) is 0 Å². The Labute approximate surface area is 96.6 Å². The zero-order valence-corrected chi connectivity index (χ0v) is 9.08. The quantitative estimate of drug-likeness (QED) is 0.590. The van der Waals surface area contributed by atoms with E-state index >= 15 is 0 Å². The van der Waals surface area contributed by atoms with Gasteiger partial charge in [-0.05, 0) is 17.2 Å². The summed E-state index contributed by atoms with van der Waals surface area (Å²) >= 11 is 0. The molecule has 0 radical (unpaired) electrons. The van der Waals surface area contributed by atoms with Crippen molar-refractivity contribution in [2.75, 3.05) is 0 Å². The summed E-state index contributed by atoms with van der Waals surface area (Å²) < 4.78 is 0. The molecule has 78 valence electrons. The van der Waals surface area contributed by atoms with E-state index in [9.17, 15) is 0 Å². The van der Waals surface area contributed by atoms with Crippen molar-refractivity contribution in [3.8, 4) is 0 Å². The molecule has 0 heteroatoms. The fraction of sp³-hybridized carbons (Fsp3) is 0. The zero-order valence-electron chi connectivity index (χ0n) is 9.08. The highest BCUT2D eigenvalue weighted by molar-refractivity contribution is 5.59. The van der Waals surface area contributed by atoms with E-state index in [0.717, 1.165) is 0 Å². The van der Waals surface area contributed by atoms with Crippen LogP contribution in [0.15, 0.2) is 72.9 Å². The Morgan fingerprint density at radius 3 is 1.44 bits per heavy atom. The Morgan fingerprint density at radius 2 is 0.938 bits per heavy atom. The molecule has 0 saturated carbocycles. The van der Waals surface area contributed by atoms with Gasteiger partial charge in [0.25, 0.3) is 0 Å². The maximum absolute atomic E-state index is 2.17. The highest BCUT2D eigenvalue weighted by Gasteiger charge is 1.88. The van der Waals surface area contributed by atoms with Gasteiger partial charge in [-0.25, -0.2) is 0 Å². The number of benzene rings is 1. The predicted octanol–water partition coefficient (Wildman–Crippen LogP) is 4.40. The largest absolute Gasteiger partial charge is 0.0623 e. The van der Waals surface area contributed by atoms with Gasteiger partial charge in [0.15, 0.2) is 0 Å². The van der Waals surface area contributed by atoms with Crippen LogP contribution in [0.1, 0.15) is 11.1 Å². The topological polar surface area (TPSA) is 0 Å². The second kappa shape index (κ2) is 5.72. The van der Waals surface area contributed by atoms with Gasteiger partial charge >= 0.3 is 0 Å². The average molecular weight is 206 g/mol. The first kappa shape index (κ1) is 10.4. The van der Waals surface area contributed by atoms with Crippen molar-refractivity contribution in [3.05, 3.63) is 84.0 Å². The van der Waals surface area contributed by atoms with Gasteiger partial charge in [-0.2, -0.15) is 0 Å². The molecule has 0 aliphatic heterocycles. The van der Waals surface area contributed by atoms with E-state index in [1.165, 1.54) is 11.1 Å². The number of hydrogen-bond donors (Lipinski definition) is 0. The molecule has 0 nitrogen and oxygen atoms in total. The van der Waals surface area contributed by atoms with Gasteiger partial charge in [0.05, 0.1) is 0 Å². The summed E-state index contributed by atoms with van der Waals surface area (Å²) in [6.07, 6.45) is 20.4. The van der Waals surface area contributed by atoms with E-state index < -0.39 is 0 Å². The summed E-state index contributed by atoms with van der Waals surface area (Å²) in [5.74, 6) is 0. The summed E-state index contributed by atoms with van der Waals surface area (Å²) in [6, 6.07) is 8.45. The van der Waals surface area contributed by atoms with E-state index in [4.69, 9.17) is 0 Å². The molecule has 0 heterocycles. The van der Waals surface area contributed by atoms with Gasteiger partial charge < -0.3 is 0 Å². The van der Waals surface area contributed by atoms with Crippen LogP contribution in [0, 0.1) is 0 Å². The molecule has 1 aliphatic carbocycles. The van der Waals surface area contributed by atoms with Crippen molar-refractivity contribution in [1.29, 1.82) is 0 Å². The number of rotatable bonds is 0. The summed E-state index contributed by atoms with van der Waals surface area (Å²) in [6.45, 7) is 0. The predicted molar refractivity (Wildman–Crippen MR) is 71.9 cm³/mol. The van der Waals surface area contributed by atoms with E-state index in [1.807, 2.05) is 36.5 Å². The first-order valence-corrected chi connectivity index (χ1v) is 5.40. The number of allylic oxidation sites excluding steroid dienone is 8. The monoisotopic (exact) mass is 206 g/mol. The molecule has 1 aromatic carbocycles. The molecule has 16 heavy (non-hydrogen) atoms. The molecule has 2 rings (SSSR count). The molecule has 0 N–H and O–H groups in total. The zero-order chi connectivity index (χ0) is 11.1. The molecule has 0 spiro atoms. The minimum atomic E-state index is 1.22. The van der Waals surface area contributed by atoms with Crippen LogP contribution in [-0.2, 0) is 0 Å². The first-order chi connectivity index (χ1) is 7.95. The lowest BCUT2D eigenvalue weighted by Gasteiger charge is -1.95. The van der Waals surface area contributed by atoms with Crippen molar-refractivity contribution >= 4 is 12.2 Å². The maximum Gasteiger partial charge on any atom is -0.0251 e. The van der Waals surface area contributed by atoms with E-state index in [0.29, 0.717) is 0 Å². The van der Waals surface area contributed by atoms with E-state index in [-0.39, 0.29) is 0 Å². The Hall–Kier alpha value is -2.08. The van der Waals surface area contributed by atoms with E-state index in [2.05, 4.69) is 48.6 Å². The van der Waals surface area contributed by atoms with Gasteiger partial charge in [-0.15, -0.1) is 0 Å². The Kier molecular flexibility index (Phi) is 3.73. The van der Waals surface area contributed by atoms with Crippen molar-refractivity contribution in [1.82, 2.24) is 0 Å². The third-order valence-corrected chi connectivity index (χ3v) is 2.27. The standard InChI is InChI=1S/C16H14/c1-2-4-6-8-11-16-13-9-12-15(14-16)10-7-5-3-1/h1-14H/b2-1-,5-3+,6-4+,10-7-,11-8+. The molecule has 2 bridgehead atoms. The third-order valence-electron chi connectivity index (χ3n) is 2.27. The number of hydrogen-bond acceptors (Lipinski definition) is 0. The Bertz CT molecular complexity index is 441. The highest BCUT2D eigenvalue weighted by Crippen LogP contribution is 2.09.